The highest BCUT2D eigenvalue weighted by Crippen LogP contribution is 2.26. The average Bonchev–Trinajstić information content (AvgIpc) is 2.61. The molecule has 9 heteroatoms. The highest BCUT2D eigenvalue weighted by Gasteiger charge is 2.35. The third-order valence-corrected chi connectivity index (χ3v) is 4.30. The lowest BCUT2D eigenvalue weighted by Crippen LogP contribution is -2.36. The fraction of sp³-hybridized carbons (Fsp3) is 0.294. The van der Waals surface area contributed by atoms with E-state index in [2.05, 4.69) is 15.0 Å². The maximum Gasteiger partial charge on any atom is 0.449 e. The molecule has 134 valence electrons. The van der Waals surface area contributed by atoms with Gasteiger partial charge in [0.15, 0.2) is 0 Å². The Morgan fingerprint density at radius 3 is 2.69 bits per heavy atom. The van der Waals surface area contributed by atoms with Gasteiger partial charge in [0.1, 0.15) is 0 Å². The molecule has 1 aromatic carbocycles. The van der Waals surface area contributed by atoms with Crippen molar-refractivity contribution in [3.8, 4) is 0 Å². The van der Waals surface area contributed by atoms with Crippen LogP contribution in [0.5, 0.6) is 0 Å². The monoisotopic (exact) mass is 361 g/mol. The smallest absolute Gasteiger partial charge is 0.303 e. The fourth-order valence-corrected chi connectivity index (χ4v) is 3.05. The Hall–Kier alpha value is -2.81. The van der Waals surface area contributed by atoms with Crippen LogP contribution in [0.2, 0.25) is 0 Å². The molecule has 3 aromatic rings. The molecule has 26 heavy (non-hydrogen) atoms. The molecule has 0 spiro atoms. The van der Waals surface area contributed by atoms with Crippen LogP contribution in [0.4, 0.5) is 13.2 Å². The summed E-state index contributed by atoms with van der Waals surface area (Å²) in [6.07, 6.45) is -2.71. The second-order valence-corrected chi connectivity index (χ2v) is 6.15. The van der Waals surface area contributed by atoms with Gasteiger partial charge >= 0.3 is 6.18 Å². The summed E-state index contributed by atoms with van der Waals surface area (Å²) >= 11 is 0. The van der Waals surface area contributed by atoms with Gasteiger partial charge < -0.3 is 4.98 Å². The number of nitrogens with zero attached hydrogens (tertiary/aromatic N) is 4. The molecule has 1 N–H and O–H groups in total. The van der Waals surface area contributed by atoms with Crippen LogP contribution < -0.4 is 5.56 Å². The molecule has 6 nitrogen and oxygen atoms in total. The van der Waals surface area contributed by atoms with E-state index >= 15 is 0 Å². The third kappa shape index (κ3) is 3.17. The summed E-state index contributed by atoms with van der Waals surface area (Å²) in [5.74, 6) is -1.24. The molecular weight excluding hydrogens is 347 g/mol. The van der Waals surface area contributed by atoms with Gasteiger partial charge in [0.05, 0.1) is 34.2 Å². The lowest BCUT2D eigenvalue weighted by Gasteiger charge is -2.27. The van der Waals surface area contributed by atoms with Crippen molar-refractivity contribution in [2.24, 2.45) is 0 Å². The second kappa shape index (κ2) is 6.17. The minimum Gasteiger partial charge on any atom is -0.303 e. The van der Waals surface area contributed by atoms with Crippen molar-refractivity contribution in [3.05, 3.63) is 63.6 Å². The Morgan fingerprint density at radius 1 is 1.15 bits per heavy atom. The second-order valence-electron chi connectivity index (χ2n) is 6.15. The molecule has 0 bridgehead atoms. The molecule has 0 saturated carbocycles. The van der Waals surface area contributed by atoms with Gasteiger partial charge in [-0.3, -0.25) is 14.7 Å². The molecule has 0 radical (unpaired) electrons. The summed E-state index contributed by atoms with van der Waals surface area (Å²) in [7, 11) is 0. The number of aromatic amines is 1. The number of rotatable bonds is 2. The molecule has 0 aliphatic carbocycles. The molecular formula is C17H14F3N5O. The van der Waals surface area contributed by atoms with E-state index in [4.69, 9.17) is 0 Å². The molecule has 3 heterocycles. The first-order valence-electron chi connectivity index (χ1n) is 8.02. The Balaban J connectivity index is 1.57. The van der Waals surface area contributed by atoms with Gasteiger partial charge in [-0.25, -0.2) is 9.97 Å². The number of aromatic nitrogens is 4. The van der Waals surface area contributed by atoms with E-state index in [1.54, 1.807) is 6.20 Å². The van der Waals surface area contributed by atoms with Crippen LogP contribution in [0.25, 0.3) is 11.0 Å². The number of benzene rings is 1. The molecule has 4 rings (SSSR count). The SMILES string of the molecule is O=c1[nH]c(C(F)(F)F)nc2c1CN(Cc1cnc3ccccc3n1)CC2. The minimum atomic E-state index is -4.66. The van der Waals surface area contributed by atoms with Crippen molar-refractivity contribution in [2.75, 3.05) is 6.54 Å². The maximum absolute atomic E-state index is 12.8. The summed E-state index contributed by atoms with van der Waals surface area (Å²) < 4.78 is 38.3. The van der Waals surface area contributed by atoms with Crippen molar-refractivity contribution in [1.82, 2.24) is 24.8 Å². The molecule has 0 saturated heterocycles. The van der Waals surface area contributed by atoms with Gasteiger partial charge in [-0.15, -0.1) is 0 Å². The van der Waals surface area contributed by atoms with E-state index in [0.717, 1.165) is 16.7 Å². The number of nitrogens with one attached hydrogen (secondary N) is 1. The molecule has 1 aliphatic rings. The summed E-state index contributed by atoms with van der Waals surface area (Å²) in [6.45, 7) is 1.18. The van der Waals surface area contributed by atoms with E-state index in [1.807, 2.05) is 34.1 Å². The zero-order valence-corrected chi connectivity index (χ0v) is 13.5. The normalized spacial score (nSPS) is 15.2. The summed E-state index contributed by atoms with van der Waals surface area (Å²) in [6, 6.07) is 7.49. The van der Waals surface area contributed by atoms with E-state index in [-0.39, 0.29) is 24.2 Å². The van der Waals surface area contributed by atoms with Crippen LogP contribution in [0.3, 0.4) is 0 Å². The Bertz CT molecular complexity index is 1030. The summed E-state index contributed by atoms with van der Waals surface area (Å²) in [5, 5.41) is 0. The van der Waals surface area contributed by atoms with Crippen LogP contribution in [-0.4, -0.2) is 31.4 Å². The highest BCUT2D eigenvalue weighted by atomic mass is 19.4. The lowest BCUT2D eigenvalue weighted by atomic mass is 10.1. The van der Waals surface area contributed by atoms with Crippen molar-refractivity contribution in [3.63, 3.8) is 0 Å². The van der Waals surface area contributed by atoms with Crippen molar-refractivity contribution >= 4 is 11.0 Å². The Labute approximate surface area is 145 Å². The maximum atomic E-state index is 12.8. The first-order chi connectivity index (χ1) is 12.4. The molecule has 0 unspecified atom stereocenters. The van der Waals surface area contributed by atoms with Crippen LogP contribution in [0.1, 0.15) is 22.8 Å². The quantitative estimate of drug-likeness (QED) is 0.758. The zero-order chi connectivity index (χ0) is 18.3. The fourth-order valence-electron chi connectivity index (χ4n) is 3.05. The molecule has 0 amide bonds. The van der Waals surface area contributed by atoms with E-state index in [9.17, 15) is 18.0 Å². The van der Waals surface area contributed by atoms with Crippen LogP contribution in [0.15, 0.2) is 35.3 Å². The van der Waals surface area contributed by atoms with Gasteiger partial charge in [0.2, 0.25) is 5.82 Å². The molecule has 0 atom stereocenters. The molecule has 2 aromatic heterocycles. The molecule has 1 aliphatic heterocycles. The van der Waals surface area contributed by atoms with Crippen molar-refractivity contribution in [2.45, 2.75) is 25.7 Å². The number of para-hydroxylation sites is 2. The van der Waals surface area contributed by atoms with Gasteiger partial charge in [-0.2, -0.15) is 13.2 Å². The first kappa shape index (κ1) is 16.6. The van der Waals surface area contributed by atoms with Crippen molar-refractivity contribution in [1.29, 1.82) is 0 Å². The van der Waals surface area contributed by atoms with E-state index in [0.29, 0.717) is 13.1 Å². The largest absolute Gasteiger partial charge is 0.449 e. The number of fused-ring (bicyclic) bond motifs is 2. The number of hydrogen-bond donors (Lipinski definition) is 1. The zero-order valence-electron chi connectivity index (χ0n) is 13.5. The number of alkyl halides is 3. The van der Waals surface area contributed by atoms with Gasteiger partial charge in [-0.05, 0) is 12.1 Å². The van der Waals surface area contributed by atoms with E-state index in [1.165, 1.54) is 0 Å². The standard InChI is InChI=1S/C17H14F3N5O/c18-17(19,20)16-23-12-5-6-25(9-11(12)15(26)24-16)8-10-7-21-13-3-1-2-4-14(13)22-10/h1-4,7H,5-6,8-9H2,(H,23,24,26). The van der Waals surface area contributed by atoms with E-state index < -0.39 is 17.6 Å². The highest BCUT2D eigenvalue weighted by molar-refractivity contribution is 5.73. The molecule has 0 fully saturated rings. The number of hydrogen-bond acceptors (Lipinski definition) is 5. The summed E-state index contributed by atoms with van der Waals surface area (Å²) in [5.41, 5.74) is 2.05. The third-order valence-electron chi connectivity index (χ3n) is 4.30. The summed E-state index contributed by atoms with van der Waals surface area (Å²) in [4.78, 5) is 28.3. The Morgan fingerprint density at radius 2 is 1.92 bits per heavy atom. The van der Waals surface area contributed by atoms with Crippen molar-refractivity contribution < 1.29 is 13.2 Å². The van der Waals surface area contributed by atoms with Gasteiger partial charge in [0, 0.05) is 26.1 Å². The van der Waals surface area contributed by atoms with Gasteiger partial charge in [0.25, 0.3) is 5.56 Å². The predicted octanol–water partition coefficient (Wildman–Crippen LogP) is 2.29. The number of H-pyrrole nitrogens is 1. The Kier molecular flexibility index (Phi) is 3.95. The van der Waals surface area contributed by atoms with Crippen LogP contribution in [-0.2, 0) is 25.7 Å². The van der Waals surface area contributed by atoms with Gasteiger partial charge in [-0.1, -0.05) is 12.1 Å². The van der Waals surface area contributed by atoms with Crippen LogP contribution >= 0.6 is 0 Å². The topological polar surface area (TPSA) is 74.8 Å². The average molecular weight is 361 g/mol. The minimum absolute atomic E-state index is 0.210. The lowest BCUT2D eigenvalue weighted by molar-refractivity contribution is -0.145. The van der Waals surface area contributed by atoms with Crippen LogP contribution in [0, 0.1) is 0 Å². The predicted molar refractivity (Wildman–Crippen MR) is 87.2 cm³/mol. The first-order valence-corrected chi connectivity index (χ1v) is 8.02. The number of halogens is 3.